The van der Waals surface area contributed by atoms with Gasteiger partial charge in [0, 0.05) is 17.9 Å². The maximum Gasteiger partial charge on any atom is 0.123 e. The van der Waals surface area contributed by atoms with Crippen LogP contribution in [0, 0.1) is 5.82 Å². The number of rotatable bonds is 6. The van der Waals surface area contributed by atoms with Crippen molar-refractivity contribution in [3.05, 3.63) is 59.2 Å². The number of nitrogens with zero attached hydrogens (tertiary/aromatic N) is 1. The SMILES string of the molecule is CCCCc1ccc(CO)n1Cc1ccc(F)cc1. The second kappa shape index (κ2) is 6.53. The minimum Gasteiger partial charge on any atom is -0.390 e. The Bertz CT molecular complexity index is 516. The molecule has 0 fully saturated rings. The largest absolute Gasteiger partial charge is 0.390 e. The molecular weight excluding hydrogens is 241 g/mol. The summed E-state index contributed by atoms with van der Waals surface area (Å²) in [5.41, 5.74) is 3.19. The molecule has 1 heterocycles. The van der Waals surface area contributed by atoms with E-state index < -0.39 is 0 Å². The average Bonchev–Trinajstić information content (AvgIpc) is 2.81. The summed E-state index contributed by atoms with van der Waals surface area (Å²) in [7, 11) is 0. The lowest BCUT2D eigenvalue weighted by Crippen LogP contribution is -2.08. The van der Waals surface area contributed by atoms with E-state index in [0.717, 1.165) is 30.5 Å². The minimum absolute atomic E-state index is 0.0350. The van der Waals surface area contributed by atoms with Crippen LogP contribution in [0.3, 0.4) is 0 Å². The van der Waals surface area contributed by atoms with Gasteiger partial charge < -0.3 is 9.67 Å². The Morgan fingerprint density at radius 3 is 2.37 bits per heavy atom. The van der Waals surface area contributed by atoms with Crippen LogP contribution < -0.4 is 0 Å². The highest BCUT2D eigenvalue weighted by Crippen LogP contribution is 2.15. The first-order chi connectivity index (χ1) is 9.24. The Morgan fingerprint density at radius 1 is 1.05 bits per heavy atom. The molecule has 2 nitrogen and oxygen atoms in total. The van der Waals surface area contributed by atoms with E-state index in [-0.39, 0.29) is 12.4 Å². The Kier molecular flexibility index (Phi) is 4.74. The van der Waals surface area contributed by atoms with Crippen LogP contribution in [-0.4, -0.2) is 9.67 Å². The van der Waals surface area contributed by atoms with Crippen molar-refractivity contribution < 1.29 is 9.50 Å². The third-order valence-corrected chi connectivity index (χ3v) is 3.36. The van der Waals surface area contributed by atoms with Crippen molar-refractivity contribution in [2.24, 2.45) is 0 Å². The van der Waals surface area contributed by atoms with Crippen LogP contribution in [0.2, 0.25) is 0 Å². The molecule has 19 heavy (non-hydrogen) atoms. The fourth-order valence-corrected chi connectivity index (χ4v) is 2.25. The first kappa shape index (κ1) is 13.8. The molecule has 0 radical (unpaired) electrons. The van der Waals surface area contributed by atoms with Gasteiger partial charge in [0.25, 0.3) is 0 Å². The molecule has 0 aliphatic rings. The van der Waals surface area contributed by atoms with Gasteiger partial charge in [-0.1, -0.05) is 25.5 Å². The minimum atomic E-state index is -0.218. The monoisotopic (exact) mass is 261 g/mol. The summed E-state index contributed by atoms with van der Waals surface area (Å²) in [6.45, 7) is 2.88. The molecule has 1 aromatic heterocycles. The number of hydrogen-bond donors (Lipinski definition) is 1. The summed E-state index contributed by atoms with van der Waals surface area (Å²) in [4.78, 5) is 0. The number of unbranched alkanes of at least 4 members (excludes halogenated alkanes) is 1. The van der Waals surface area contributed by atoms with E-state index in [9.17, 15) is 9.50 Å². The number of halogens is 1. The molecule has 1 N–H and O–H groups in total. The van der Waals surface area contributed by atoms with Gasteiger partial charge in [0.2, 0.25) is 0 Å². The summed E-state index contributed by atoms with van der Waals surface area (Å²) in [6, 6.07) is 10.6. The van der Waals surface area contributed by atoms with Gasteiger partial charge in [-0.2, -0.15) is 0 Å². The molecule has 0 bridgehead atoms. The molecule has 102 valence electrons. The van der Waals surface area contributed by atoms with Crippen molar-refractivity contribution in [2.45, 2.75) is 39.3 Å². The number of aromatic nitrogens is 1. The van der Waals surface area contributed by atoms with Gasteiger partial charge in [-0.3, -0.25) is 0 Å². The van der Waals surface area contributed by atoms with Crippen molar-refractivity contribution in [3.8, 4) is 0 Å². The zero-order chi connectivity index (χ0) is 13.7. The normalized spacial score (nSPS) is 10.9. The smallest absolute Gasteiger partial charge is 0.123 e. The van der Waals surface area contributed by atoms with Crippen molar-refractivity contribution >= 4 is 0 Å². The number of aliphatic hydroxyl groups is 1. The predicted molar refractivity (Wildman–Crippen MR) is 74.5 cm³/mol. The Labute approximate surface area is 113 Å². The topological polar surface area (TPSA) is 25.2 Å². The number of benzene rings is 1. The number of hydrogen-bond acceptors (Lipinski definition) is 1. The van der Waals surface area contributed by atoms with Crippen LogP contribution in [-0.2, 0) is 19.6 Å². The maximum absolute atomic E-state index is 12.9. The van der Waals surface area contributed by atoms with Crippen molar-refractivity contribution in [3.63, 3.8) is 0 Å². The van der Waals surface area contributed by atoms with Gasteiger partial charge in [0.15, 0.2) is 0 Å². The molecule has 0 amide bonds. The lowest BCUT2D eigenvalue weighted by molar-refractivity contribution is 0.271. The van der Waals surface area contributed by atoms with E-state index in [2.05, 4.69) is 17.6 Å². The van der Waals surface area contributed by atoms with Crippen LogP contribution in [0.25, 0.3) is 0 Å². The fourth-order valence-electron chi connectivity index (χ4n) is 2.25. The van der Waals surface area contributed by atoms with E-state index in [1.807, 2.05) is 6.07 Å². The van der Waals surface area contributed by atoms with E-state index in [0.29, 0.717) is 6.54 Å². The van der Waals surface area contributed by atoms with Gasteiger partial charge in [0.05, 0.1) is 6.61 Å². The highest BCUT2D eigenvalue weighted by molar-refractivity contribution is 5.22. The molecule has 0 aliphatic heterocycles. The van der Waals surface area contributed by atoms with E-state index >= 15 is 0 Å². The molecule has 3 heteroatoms. The molecule has 2 rings (SSSR count). The Hall–Kier alpha value is -1.61. The highest BCUT2D eigenvalue weighted by Gasteiger charge is 2.08. The molecule has 0 saturated carbocycles. The van der Waals surface area contributed by atoms with Crippen LogP contribution in [0.5, 0.6) is 0 Å². The van der Waals surface area contributed by atoms with Crippen molar-refractivity contribution in [1.82, 2.24) is 4.57 Å². The van der Waals surface area contributed by atoms with Crippen molar-refractivity contribution in [2.75, 3.05) is 0 Å². The zero-order valence-corrected chi connectivity index (χ0v) is 11.3. The van der Waals surface area contributed by atoms with E-state index in [1.54, 1.807) is 12.1 Å². The standard InChI is InChI=1S/C16H20FNO/c1-2-3-4-15-9-10-16(12-19)18(15)11-13-5-7-14(17)8-6-13/h5-10,19H,2-4,11-12H2,1H3. The fraction of sp³-hybridized carbons (Fsp3) is 0.375. The third-order valence-electron chi connectivity index (χ3n) is 3.36. The van der Waals surface area contributed by atoms with E-state index in [1.165, 1.54) is 17.8 Å². The first-order valence-corrected chi connectivity index (χ1v) is 6.77. The van der Waals surface area contributed by atoms with Crippen LogP contribution in [0.1, 0.15) is 36.7 Å². The van der Waals surface area contributed by atoms with E-state index in [4.69, 9.17) is 0 Å². The average molecular weight is 261 g/mol. The van der Waals surface area contributed by atoms with Crippen LogP contribution in [0.4, 0.5) is 4.39 Å². The molecular formula is C16H20FNO. The molecule has 1 aromatic carbocycles. The van der Waals surface area contributed by atoms with Crippen LogP contribution >= 0.6 is 0 Å². The summed E-state index contributed by atoms with van der Waals surface area (Å²) in [5.74, 6) is -0.218. The lowest BCUT2D eigenvalue weighted by Gasteiger charge is -2.12. The Balaban J connectivity index is 2.21. The molecule has 0 aliphatic carbocycles. The van der Waals surface area contributed by atoms with Gasteiger partial charge >= 0.3 is 0 Å². The number of aliphatic hydroxyl groups excluding tert-OH is 1. The summed E-state index contributed by atoms with van der Waals surface area (Å²) < 4.78 is 15.0. The Morgan fingerprint density at radius 2 is 1.74 bits per heavy atom. The van der Waals surface area contributed by atoms with Crippen molar-refractivity contribution in [1.29, 1.82) is 0 Å². The third kappa shape index (κ3) is 3.44. The molecule has 0 saturated heterocycles. The molecule has 0 unspecified atom stereocenters. The lowest BCUT2D eigenvalue weighted by atomic mass is 10.2. The summed E-state index contributed by atoms with van der Waals surface area (Å²) >= 11 is 0. The quantitative estimate of drug-likeness (QED) is 0.845. The maximum atomic E-state index is 12.9. The van der Waals surface area contributed by atoms with Crippen LogP contribution in [0.15, 0.2) is 36.4 Å². The van der Waals surface area contributed by atoms with Gasteiger partial charge in [-0.15, -0.1) is 0 Å². The summed E-state index contributed by atoms with van der Waals surface area (Å²) in [5, 5.41) is 9.40. The molecule has 0 atom stereocenters. The predicted octanol–water partition coefficient (Wildman–Crippen LogP) is 3.51. The summed E-state index contributed by atoms with van der Waals surface area (Å²) in [6.07, 6.45) is 3.30. The van der Waals surface area contributed by atoms with Gasteiger partial charge in [-0.05, 0) is 42.7 Å². The number of aryl methyl sites for hydroxylation is 1. The molecule has 0 spiro atoms. The highest BCUT2D eigenvalue weighted by atomic mass is 19.1. The second-order valence-corrected chi connectivity index (χ2v) is 4.79. The first-order valence-electron chi connectivity index (χ1n) is 6.77. The second-order valence-electron chi connectivity index (χ2n) is 4.79. The van der Waals surface area contributed by atoms with Gasteiger partial charge in [-0.25, -0.2) is 4.39 Å². The molecule has 2 aromatic rings. The van der Waals surface area contributed by atoms with Gasteiger partial charge in [0.1, 0.15) is 5.82 Å². The zero-order valence-electron chi connectivity index (χ0n) is 11.3.